The van der Waals surface area contributed by atoms with Gasteiger partial charge in [0.15, 0.2) is 0 Å². The van der Waals surface area contributed by atoms with Crippen molar-refractivity contribution in [2.75, 3.05) is 23.0 Å². The minimum absolute atomic E-state index is 0.0655. The number of nitrogens with two attached hydrogens (primary N) is 2. The van der Waals surface area contributed by atoms with Gasteiger partial charge in [-0.2, -0.15) is 15.0 Å². The summed E-state index contributed by atoms with van der Waals surface area (Å²) < 4.78 is 0. The Balaban J connectivity index is 2.40. The smallest absolute Gasteiger partial charge is 0.313 e. The topological polar surface area (TPSA) is 128 Å². The van der Waals surface area contributed by atoms with Gasteiger partial charge in [0.25, 0.3) is 0 Å². The van der Waals surface area contributed by atoms with E-state index in [0.29, 0.717) is 18.0 Å². The van der Waals surface area contributed by atoms with Crippen molar-refractivity contribution < 1.29 is 9.90 Å². The van der Waals surface area contributed by atoms with Crippen molar-refractivity contribution in [1.82, 2.24) is 15.0 Å². The Morgan fingerprint density at radius 2 is 1.87 bits per heavy atom. The van der Waals surface area contributed by atoms with Gasteiger partial charge in [0.2, 0.25) is 11.9 Å². The molecule has 0 bridgehead atoms. The molecule has 0 unspecified atom stereocenters. The predicted octanol–water partition coefficient (Wildman–Crippen LogP) is -0.604. The lowest BCUT2D eigenvalue weighted by Crippen LogP contribution is -2.08. The summed E-state index contributed by atoms with van der Waals surface area (Å²) in [6.07, 6.45) is 0.523. The summed E-state index contributed by atoms with van der Waals surface area (Å²) in [5.41, 5.74) is 10.7. The summed E-state index contributed by atoms with van der Waals surface area (Å²) in [6, 6.07) is 0. The number of hydrogen-bond donors (Lipinski definition) is 3. The van der Waals surface area contributed by atoms with Crippen LogP contribution >= 0.6 is 11.8 Å². The molecule has 1 aromatic rings. The number of nitrogen functional groups attached to an aromatic ring is 2. The number of aryl methyl sites for hydroxylation is 1. The number of carbonyl (C=O) groups is 1. The van der Waals surface area contributed by atoms with Crippen molar-refractivity contribution in [3.8, 4) is 0 Å². The molecule has 0 aliphatic rings. The molecule has 0 fully saturated rings. The highest BCUT2D eigenvalue weighted by Crippen LogP contribution is 2.05. The average Bonchev–Trinajstić information content (AvgIpc) is 2.10. The third-order valence-corrected chi connectivity index (χ3v) is 2.36. The highest BCUT2D eigenvalue weighted by Gasteiger charge is 2.02. The molecule has 5 N–H and O–H groups in total. The zero-order valence-corrected chi connectivity index (χ0v) is 8.70. The maximum absolute atomic E-state index is 10.2. The van der Waals surface area contributed by atoms with Gasteiger partial charge in [-0.3, -0.25) is 4.79 Å². The van der Waals surface area contributed by atoms with E-state index in [0.717, 1.165) is 0 Å². The molecular weight excluding hydrogens is 218 g/mol. The largest absolute Gasteiger partial charge is 0.481 e. The number of carboxylic acids is 1. The van der Waals surface area contributed by atoms with Gasteiger partial charge in [-0.1, -0.05) is 0 Å². The predicted molar refractivity (Wildman–Crippen MR) is 57.3 cm³/mol. The van der Waals surface area contributed by atoms with Gasteiger partial charge in [-0.15, -0.1) is 11.8 Å². The van der Waals surface area contributed by atoms with Crippen LogP contribution in [0.2, 0.25) is 0 Å². The first-order valence-electron chi connectivity index (χ1n) is 4.13. The highest BCUT2D eigenvalue weighted by atomic mass is 32.2. The van der Waals surface area contributed by atoms with E-state index in [1.54, 1.807) is 0 Å². The van der Waals surface area contributed by atoms with Crippen molar-refractivity contribution in [1.29, 1.82) is 0 Å². The normalized spacial score (nSPS) is 10.1. The van der Waals surface area contributed by atoms with Crippen LogP contribution in [0.5, 0.6) is 0 Å². The van der Waals surface area contributed by atoms with Crippen LogP contribution in [0, 0.1) is 0 Å². The Kier molecular flexibility index (Phi) is 4.10. The van der Waals surface area contributed by atoms with Crippen LogP contribution < -0.4 is 11.5 Å². The molecule has 1 rings (SSSR count). The molecule has 15 heavy (non-hydrogen) atoms. The standard InChI is InChI=1S/C7H11N5O2S/c8-6-10-4(11-7(9)12-6)1-2-15-3-5(13)14/h1-3H2,(H,13,14)(H4,8,9,10,11,12). The first-order valence-corrected chi connectivity index (χ1v) is 5.29. The van der Waals surface area contributed by atoms with Crippen LogP contribution in [-0.2, 0) is 11.2 Å². The number of nitrogens with zero attached hydrogens (tertiary/aromatic N) is 3. The Morgan fingerprint density at radius 3 is 2.40 bits per heavy atom. The van der Waals surface area contributed by atoms with Crippen LogP contribution in [0.15, 0.2) is 0 Å². The number of carboxylic acid groups (broad SMARTS) is 1. The number of aliphatic carboxylic acids is 1. The Hall–Kier alpha value is -1.57. The van der Waals surface area contributed by atoms with Gasteiger partial charge >= 0.3 is 5.97 Å². The summed E-state index contributed by atoms with van der Waals surface area (Å²) in [4.78, 5) is 21.6. The van der Waals surface area contributed by atoms with Crippen molar-refractivity contribution in [2.45, 2.75) is 6.42 Å². The van der Waals surface area contributed by atoms with Crippen LogP contribution in [0.3, 0.4) is 0 Å². The molecule has 0 aliphatic heterocycles. The molecule has 7 nitrogen and oxygen atoms in total. The molecular formula is C7H11N5O2S. The summed E-state index contributed by atoms with van der Waals surface area (Å²) >= 11 is 1.29. The SMILES string of the molecule is Nc1nc(N)nc(CCSCC(=O)O)n1. The lowest BCUT2D eigenvalue weighted by atomic mass is 10.4. The van der Waals surface area contributed by atoms with E-state index >= 15 is 0 Å². The summed E-state index contributed by atoms with van der Waals surface area (Å²) in [5, 5.41) is 8.40. The van der Waals surface area contributed by atoms with Crippen molar-refractivity contribution in [2.24, 2.45) is 0 Å². The quantitative estimate of drug-likeness (QED) is 0.571. The molecule has 0 aliphatic carbocycles. The number of hydrogen-bond acceptors (Lipinski definition) is 7. The summed E-state index contributed by atoms with van der Waals surface area (Å²) in [7, 11) is 0. The molecule has 0 saturated heterocycles. The van der Waals surface area contributed by atoms with E-state index in [1.807, 2.05) is 0 Å². The summed E-state index contributed by atoms with van der Waals surface area (Å²) in [6.45, 7) is 0. The molecule has 1 heterocycles. The molecule has 1 aromatic heterocycles. The highest BCUT2D eigenvalue weighted by molar-refractivity contribution is 7.99. The maximum atomic E-state index is 10.2. The van der Waals surface area contributed by atoms with Crippen molar-refractivity contribution in [3.63, 3.8) is 0 Å². The first kappa shape index (κ1) is 11.5. The third-order valence-electron chi connectivity index (χ3n) is 1.41. The second kappa shape index (κ2) is 5.35. The molecule has 0 amide bonds. The second-order valence-electron chi connectivity index (χ2n) is 2.66. The molecule has 0 atom stereocenters. The van der Waals surface area contributed by atoms with Gasteiger partial charge in [-0.25, -0.2) is 0 Å². The van der Waals surface area contributed by atoms with E-state index in [-0.39, 0.29) is 17.6 Å². The molecule has 0 aromatic carbocycles. The van der Waals surface area contributed by atoms with Crippen LogP contribution in [0.1, 0.15) is 5.82 Å². The Bertz CT molecular complexity index is 339. The van der Waals surface area contributed by atoms with Gasteiger partial charge in [0, 0.05) is 12.2 Å². The maximum Gasteiger partial charge on any atom is 0.313 e. The van der Waals surface area contributed by atoms with Gasteiger partial charge in [0.1, 0.15) is 5.82 Å². The van der Waals surface area contributed by atoms with E-state index in [2.05, 4.69) is 15.0 Å². The molecule has 0 radical (unpaired) electrons. The number of aromatic nitrogens is 3. The van der Waals surface area contributed by atoms with E-state index < -0.39 is 5.97 Å². The molecule has 82 valence electrons. The minimum Gasteiger partial charge on any atom is -0.481 e. The summed E-state index contributed by atoms with van der Waals surface area (Å²) in [5.74, 6) is 0.486. The third kappa shape index (κ3) is 4.45. The molecule has 8 heteroatoms. The first-order chi connectivity index (χ1) is 7.08. The van der Waals surface area contributed by atoms with Crippen LogP contribution in [0.4, 0.5) is 11.9 Å². The minimum atomic E-state index is -0.838. The second-order valence-corrected chi connectivity index (χ2v) is 3.77. The molecule has 0 saturated carbocycles. The fraction of sp³-hybridized carbons (Fsp3) is 0.429. The zero-order valence-electron chi connectivity index (χ0n) is 7.88. The van der Waals surface area contributed by atoms with Crippen LogP contribution in [-0.4, -0.2) is 37.5 Å². The zero-order chi connectivity index (χ0) is 11.3. The monoisotopic (exact) mass is 229 g/mol. The average molecular weight is 229 g/mol. The van der Waals surface area contributed by atoms with Crippen LogP contribution in [0.25, 0.3) is 0 Å². The van der Waals surface area contributed by atoms with Gasteiger partial charge in [-0.05, 0) is 0 Å². The molecule has 0 spiro atoms. The van der Waals surface area contributed by atoms with E-state index in [4.69, 9.17) is 16.6 Å². The Morgan fingerprint density at radius 1 is 1.27 bits per heavy atom. The fourth-order valence-electron chi connectivity index (χ4n) is 0.892. The number of anilines is 2. The van der Waals surface area contributed by atoms with Gasteiger partial charge in [0.05, 0.1) is 5.75 Å². The van der Waals surface area contributed by atoms with Gasteiger partial charge < -0.3 is 16.6 Å². The number of thioether (sulfide) groups is 1. The lowest BCUT2D eigenvalue weighted by Gasteiger charge is -2.00. The fourth-order valence-corrected chi connectivity index (χ4v) is 1.54. The number of rotatable bonds is 5. The van der Waals surface area contributed by atoms with Crippen molar-refractivity contribution in [3.05, 3.63) is 5.82 Å². The van der Waals surface area contributed by atoms with E-state index in [1.165, 1.54) is 11.8 Å². The lowest BCUT2D eigenvalue weighted by molar-refractivity contribution is -0.133. The van der Waals surface area contributed by atoms with E-state index in [9.17, 15) is 4.79 Å². The Labute approximate surface area is 90.3 Å². The van der Waals surface area contributed by atoms with Crippen molar-refractivity contribution >= 4 is 29.6 Å².